The van der Waals surface area contributed by atoms with Crippen molar-refractivity contribution in [3.8, 4) is 0 Å². The smallest absolute Gasteiger partial charge is 0.317 e. The van der Waals surface area contributed by atoms with Gasteiger partial charge < -0.3 is 10.4 Å². The van der Waals surface area contributed by atoms with Crippen LogP contribution in [0.3, 0.4) is 0 Å². The molecule has 1 aliphatic rings. The lowest BCUT2D eigenvalue weighted by atomic mass is 9.84. The Kier molecular flexibility index (Phi) is 6.69. The first-order chi connectivity index (χ1) is 11.4. The van der Waals surface area contributed by atoms with Gasteiger partial charge in [0.1, 0.15) is 11.6 Å². The second-order valence-corrected chi connectivity index (χ2v) is 6.62. The molecule has 2 N–H and O–H groups in total. The summed E-state index contributed by atoms with van der Waals surface area (Å²) in [5.41, 5.74) is 0.537. The van der Waals surface area contributed by atoms with E-state index >= 15 is 0 Å². The average Bonchev–Trinajstić information content (AvgIpc) is 2.47. The van der Waals surface area contributed by atoms with Gasteiger partial charge in [0.15, 0.2) is 0 Å². The molecule has 0 radical (unpaired) electrons. The molecule has 0 aromatic heterocycles. The van der Waals surface area contributed by atoms with E-state index in [1.54, 1.807) is 0 Å². The number of nitrogens with zero attached hydrogens (tertiary/aromatic N) is 1. The number of carbonyl (C=O) groups is 1. The lowest BCUT2D eigenvalue weighted by molar-refractivity contribution is -0.139. The Morgan fingerprint density at radius 2 is 2.12 bits per heavy atom. The van der Waals surface area contributed by atoms with Gasteiger partial charge in [-0.15, -0.1) is 0 Å². The number of rotatable bonds is 9. The molecular weight excluding hydrogens is 314 g/mol. The summed E-state index contributed by atoms with van der Waals surface area (Å²) in [5.74, 6) is -1.83. The van der Waals surface area contributed by atoms with Gasteiger partial charge in [0.2, 0.25) is 0 Å². The monoisotopic (exact) mass is 340 g/mol. The van der Waals surface area contributed by atoms with Crippen LogP contribution in [0.5, 0.6) is 0 Å². The van der Waals surface area contributed by atoms with E-state index in [0.29, 0.717) is 24.1 Å². The van der Waals surface area contributed by atoms with Crippen molar-refractivity contribution in [1.29, 1.82) is 0 Å². The highest BCUT2D eigenvalue weighted by molar-refractivity contribution is 5.69. The lowest BCUT2D eigenvalue weighted by Crippen LogP contribution is -2.55. The Morgan fingerprint density at radius 3 is 2.71 bits per heavy atom. The van der Waals surface area contributed by atoms with Crippen LogP contribution in [0.25, 0.3) is 0 Å². The minimum absolute atomic E-state index is 0.0906. The van der Waals surface area contributed by atoms with Crippen LogP contribution < -0.4 is 5.32 Å². The molecular formula is C18H26F2N2O2. The molecule has 0 amide bonds. The predicted molar refractivity (Wildman–Crippen MR) is 89.0 cm³/mol. The standard InChI is InChI=1S/C18H26F2N2O2/c1-3-22(11-18(23)24)16-9-15(10-16)21-12(2)4-5-13-6-7-14(19)8-17(13)20/h6-8,12,15-16,21H,3-5,9-11H2,1-2H3,(H,23,24). The van der Waals surface area contributed by atoms with Crippen molar-refractivity contribution < 1.29 is 18.7 Å². The van der Waals surface area contributed by atoms with E-state index in [1.807, 2.05) is 11.8 Å². The molecule has 0 aliphatic heterocycles. The number of hydrogen-bond donors (Lipinski definition) is 2. The molecule has 24 heavy (non-hydrogen) atoms. The fourth-order valence-electron chi connectivity index (χ4n) is 3.28. The lowest BCUT2D eigenvalue weighted by Gasteiger charge is -2.43. The number of aryl methyl sites for hydroxylation is 1. The fourth-order valence-corrected chi connectivity index (χ4v) is 3.28. The molecule has 1 atom stereocenters. The number of likely N-dealkylation sites (N-methyl/N-ethyl adjacent to an activating group) is 1. The first kappa shape index (κ1) is 18.8. The molecule has 1 unspecified atom stereocenters. The van der Waals surface area contributed by atoms with Gasteiger partial charge in [0.05, 0.1) is 6.54 Å². The van der Waals surface area contributed by atoms with E-state index in [9.17, 15) is 13.6 Å². The Hall–Kier alpha value is -1.53. The summed E-state index contributed by atoms with van der Waals surface area (Å²) in [6.07, 6.45) is 3.22. The molecule has 1 saturated carbocycles. The maximum absolute atomic E-state index is 13.6. The van der Waals surface area contributed by atoms with Gasteiger partial charge in [0, 0.05) is 24.2 Å². The van der Waals surface area contributed by atoms with Crippen molar-refractivity contribution in [3.05, 3.63) is 35.4 Å². The van der Waals surface area contributed by atoms with Crippen molar-refractivity contribution >= 4 is 5.97 Å². The quantitative estimate of drug-likeness (QED) is 0.726. The van der Waals surface area contributed by atoms with E-state index in [1.165, 1.54) is 12.1 Å². The van der Waals surface area contributed by atoms with E-state index in [0.717, 1.165) is 31.9 Å². The first-order valence-corrected chi connectivity index (χ1v) is 8.54. The van der Waals surface area contributed by atoms with Gasteiger partial charge in [-0.2, -0.15) is 0 Å². The molecule has 1 aromatic carbocycles. The Morgan fingerprint density at radius 1 is 1.42 bits per heavy atom. The van der Waals surface area contributed by atoms with Gasteiger partial charge in [0.25, 0.3) is 0 Å². The maximum atomic E-state index is 13.6. The summed E-state index contributed by atoms with van der Waals surface area (Å²) in [6.45, 7) is 4.86. The summed E-state index contributed by atoms with van der Waals surface area (Å²) in [5, 5.41) is 12.4. The van der Waals surface area contributed by atoms with Gasteiger partial charge in [-0.1, -0.05) is 13.0 Å². The van der Waals surface area contributed by atoms with Crippen LogP contribution in [-0.2, 0) is 11.2 Å². The third-order valence-electron chi connectivity index (χ3n) is 4.76. The first-order valence-electron chi connectivity index (χ1n) is 8.54. The number of aliphatic carboxylic acids is 1. The zero-order valence-electron chi connectivity index (χ0n) is 14.3. The topological polar surface area (TPSA) is 52.6 Å². The minimum Gasteiger partial charge on any atom is -0.480 e. The number of benzene rings is 1. The van der Waals surface area contributed by atoms with Crippen LogP contribution in [0.15, 0.2) is 18.2 Å². The van der Waals surface area contributed by atoms with Crippen LogP contribution in [0.2, 0.25) is 0 Å². The summed E-state index contributed by atoms with van der Waals surface area (Å²) >= 11 is 0. The zero-order chi connectivity index (χ0) is 17.7. The fraction of sp³-hybridized carbons (Fsp3) is 0.611. The van der Waals surface area contributed by atoms with Crippen LogP contribution in [0.4, 0.5) is 8.78 Å². The molecule has 1 aliphatic carbocycles. The summed E-state index contributed by atoms with van der Waals surface area (Å²) in [7, 11) is 0. The molecule has 0 saturated heterocycles. The molecule has 0 heterocycles. The van der Waals surface area contributed by atoms with Crippen molar-refractivity contribution in [2.45, 2.75) is 57.7 Å². The zero-order valence-corrected chi connectivity index (χ0v) is 14.3. The second-order valence-electron chi connectivity index (χ2n) is 6.62. The van der Waals surface area contributed by atoms with Crippen LogP contribution in [0, 0.1) is 11.6 Å². The van der Waals surface area contributed by atoms with Crippen LogP contribution >= 0.6 is 0 Å². The number of nitrogens with one attached hydrogen (secondary N) is 1. The molecule has 1 aromatic rings. The third kappa shape index (κ3) is 5.24. The number of hydrogen-bond acceptors (Lipinski definition) is 3. The minimum atomic E-state index is -0.789. The van der Waals surface area contributed by atoms with E-state index < -0.39 is 17.6 Å². The highest BCUT2D eigenvalue weighted by Gasteiger charge is 2.34. The predicted octanol–water partition coefficient (Wildman–Crippen LogP) is 2.81. The number of carboxylic acids is 1. The van der Waals surface area contributed by atoms with Crippen LogP contribution in [-0.4, -0.2) is 47.2 Å². The third-order valence-corrected chi connectivity index (χ3v) is 4.76. The van der Waals surface area contributed by atoms with Crippen LogP contribution in [0.1, 0.15) is 38.7 Å². The molecule has 4 nitrogen and oxygen atoms in total. The Bertz CT molecular complexity index is 562. The van der Waals surface area contributed by atoms with E-state index in [2.05, 4.69) is 12.2 Å². The van der Waals surface area contributed by atoms with E-state index in [-0.39, 0.29) is 12.6 Å². The van der Waals surface area contributed by atoms with Crippen molar-refractivity contribution in [2.24, 2.45) is 0 Å². The van der Waals surface area contributed by atoms with Gasteiger partial charge in [-0.3, -0.25) is 9.69 Å². The molecule has 1 fully saturated rings. The summed E-state index contributed by atoms with van der Waals surface area (Å²) in [6, 6.07) is 4.65. The van der Waals surface area contributed by atoms with Crippen molar-refractivity contribution in [1.82, 2.24) is 10.2 Å². The largest absolute Gasteiger partial charge is 0.480 e. The van der Waals surface area contributed by atoms with Gasteiger partial charge in [-0.05, 0) is 50.8 Å². The summed E-state index contributed by atoms with van der Waals surface area (Å²) in [4.78, 5) is 12.8. The molecule has 0 spiro atoms. The van der Waals surface area contributed by atoms with Gasteiger partial charge in [-0.25, -0.2) is 8.78 Å². The molecule has 6 heteroatoms. The molecule has 2 rings (SSSR count). The summed E-state index contributed by atoms with van der Waals surface area (Å²) < 4.78 is 26.5. The number of halogens is 2. The average molecular weight is 340 g/mol. The molecule has 0 bridgehead atoms. The Labute approximate surface area is 141 Å². The number of carboxylic acid groups (broad SMARTS) is 1. The van der Waals surface area contributed by atoms with E-state index in [4.69, 9.17) is 5.11 Å². The van der Waals surface area contributed by atoms with Gasteiger partial charge >= 0.3 is 5.97 Å². The van der Waals surface area contributed by atoms with Crippen molar-refractivity contribution in [2.75, 3.05) is 13.1 Å². The highest BCUT2D eigenvalue weighted by atomic mass is 19.1. The molecule has 134 valence electrons. The Balaban J connectivity index is 1.70. The highest BCUT2D eigenvalue weighted by Crippen LogP contribution is 2.26. The van der Waals surface area contributed by atoms with Crippen molar-refractivity contribution in [3.63, 3.8) is 0 Å². The SMILES string of the molecule is CCN(CC(=O)O)C1CC(NC(C)CCc2ccc(F)cc2F)C1. The second kappa shape index (κ2) is 8.53. The normalized spacial score (nSPS) is 21.5. The maximum Gasteiger partial charge on any atom is 0.317 e.